The number of ether oxygens (including phenoxy) is 1. The molecule has 0 bridgehead atoms. The summed E-state index contributed by atoms with van der Waals surface area (Å²) in [6, 6.07) is 0.357. The van der Waals surface area contributed by atoms with Crippen molar-refractivity contribution in [1.29, 1.82) is 0 Å². The highest BCUT2D eigenvalue weighted by molar-refractivity contribution is 5.68. The number of hydrogen-bond donors (Lipinski definition) is 1. The van der Waals surface area contributed by atoms with Crippen molar-refractivity contribution in [3.05, 3.63) is 0 Å². The Balaban J connectivity index is 2.09. The van der Waals surface area contributed by atoms with Crippen molar-refractivity contribution >= 4 is 6.09 Å². The Morgan fingerprint density at radius 2 is 1.95 bits per heavy atom. The lowest BCUT2D eigenvalue weighted by Crippen LogP contribution is -2.55. The molecular formula is C16H30N2O2. The topological polar surface area (TPSA) is 55.6 Å². The van der Waals surface area contributed by atoms with Crippen molar-refractivity contribution in [2.75, 3.05) is 13.1 Å². The van der Waals surface area contributed by atoms with E-state index in [-0.39, 0.29) is 6.09 Å². The summed E-state index contributed by atoms with van der Waals surface area (Å²) < 4.78 is 5.61. The molecule has 20 heavy (non-hydrogen) atoms. The van der Waals surface area contributed by atoms with Crippen LogP contribution in [0.2, 0.25) is 0 Å². The van der Waals surface area contributed by atoms with E-state index in [0.29, 0.717) is 17.9 Å². The molecule has 1 aliphatic heterocycles. The van der Waals surface area contributed by atoms with Gasteiger partial charge in [-0.05, 0) is 71.3 Å². The summed E-state index contributed by atoms with van der Waals surface area (Å²) in [5, 5.41) is 0. The number of amides is 1. The first kappa shape index (κ1) is 15.6. The molecule has 0 aromatic heterocycles. The van der Waals surface area contributed by atoms with E-state index >= 15 is 0 Å². The minimum atomic E-state index is -0.415. The second-order valence-corrected chi connectivity index (χ2v) is 7.33. The van der Waals surface area contributed by atoms with Gasteiger partial charge in [-0.2, -0.15) is 0 Å². The molecule has 1 saturated carbocycles. The summed E-state index contributed by atoms with van der Waals surface area (Å²) in [4.78, 5) is 14.5. The fraction of sp³-hybridized carbons (Fsp3) is 0.938. The SMILES string of the molecule is CC(C)(C)OC(=O)N1CCCC(CCN)C1C1CCC1. The van der Waals surface area contributed by atoms with E-state index in [1.165, 1.54) is 25.7 Å². The zero-order chi connectivity index (χ0) is 14.8. The van der Waals surface area contributed by atoms with Crippen LogP contribution in [0.25, 0.3) is 0 Å². The van der Waals surface area contributed by atoms with Gasteiger partial charge in [0.1, 0.15) is 5.60 Å². The Labute approximate surface area is 123 Å². The third-order valence-electron chi connectivity index (χ3n) is 4.62. The van der Waals surface area contributed by atoms with E-state index in [0.717, 1.165) is 25.9 Å². The molecule has 2 atom stereocenters. The largest absolute Gasteiger partial charge is 0.444 e. The molecule has 4 nitrogen and oxygen atoms in total. The Bertz CT molecular complexity index is 332. The van der Waals surface area contributed by atoms with Crippen LogP contribution in [-0.2, 0) is 4.74 Å². The number of rotatable bonds is 3. The van der Waals surface area contributed by atoms with Gasteiger partial charge in [-0.15, -0.1) is 0 Å². The van der Waals surface area contributed by atoms with Crippen molar-refractivity contribution in [2.45, 2.75) is 70.9 Å². The van der Waals surface area contributed by atoms with Gasteiger partial charge in [0, 0.05) is 12.6 Å². The number of carbonyl (C=O) groups excluding carboxylic acids is 1. The third-order valence-corrected chi connectivity index (χ3v) is 4.62. The minimum absolute atomic E-state index is 0.129. The van der Waals surface area contributed by atoms with Gasteiger partial charge in [0.2, 0.25) is 0 Å². The monoisotopic (exact) mass is 282 g/mol. The molecule has 2 rings (SSSR count). The van der Waals surface area contributed by atoms with Gasteiger partial charge in [0.25, 0.3) is 0 Å². The van der Waals surface area contributed by atoms with Crippen molar-refractivity contribution in [2.24, 2.45) is 17.6 Å². The summed E-state index contributed by atoms with van der Waals surface area (Å²) in [5.74, 6) is 1.23. The Kier molecular flexibility index (Phi) is 4.95. The van der Waals surface area contributed by atoms with Crippen molar-refractivity contribution in [3.8, 4) is 0 Å². The van der Waals surface area contributed by atoms with Gasteiger partial charge in [0.15, 0.2) is 0 Å². The standard InChI is InChI=1S/C16H30N2O2/c1-16(2,3)20-15(19)18-11-5-8-13(9-10-17)14(18)12-6-4-7-12/h12-14H,4-11,17H2,1-3H3. The number of nitrogens with zero attached hydrogens (tertiary/aromatic N) is 1. The predicted molar refractivity (Wildman–Crippen MR) is 80.5 cm³/mol. The fourth-order valence-electron chi connectivity index (χ4n) is 3.58. The molecule has 1 heterocycles. The highest BCUT2D eigenvalue weighted by atomic mass is 16.6. The second-order valence-electron chi connectivity index (χ2n) is 7.33. The van der Waals surface area contributed by atoms with E-state index in [1.54, 1.807) is 0 Å². The van der Waals surface area contributed by atoms with Gasteiger partial charge in [-0.25, -0.2) is 4.79 Å². The minimum Gasteiger partial charge on any atom is -0.444 e. The van der Waals surface area contributed by atoms with Crippen LogP contribution in [0.3, 0.4) is 0 Å². The normalized spacial score (nSPS) is 28.1. The molecule has 0 aromatic rings. The third kappa shape index (κ3) is 3.66. The molecule has 0 aromatic carbocycles. The lowest BCUT2D eigenvalue weighted by molar-refractivity contribution is -0.0230. The lowest BCUT2D eigenvalue weighted by atomic mass is 9.71. The van der Waals surface area contributed by atoms with E-state index in [4.69, 9.17) is 10.5 Å². The molecule has 2 N–H and O–H groups in total. The summed E-state index contributed by atoms with van der Waals surface area (Å²) in [7, 11) is 0. The number of carbonyl (C=O) groups is 1. The number of piperidine rings is 1. The van der Waals surface area contributed by atoms with Gasteiger partial charge in [-0.1, -0.05) is 6.42 Å². The van der Waals surface area contributed by atoms with Crippen LogP contribution in [0.4, 0.5) is 4.79 Å². The number of likely N-dealkylation sites (tertiary alicyclic amines) is 1. The highest BCUT2D eigenvalue weighted by Gasteiger charge is 2.42. The molecule has 2 fully saturated rings. The van der Waals surface area contributed by atoms with Crippen molar-refractivity contribution in [3.63, 3.8) is 0 Å². The molecule has 2 unspecified atom stereocenters. The van der Waals surface area contributed by atoms with Gasteiger partial charge in [0.05, 0.1) is 0 Å². The molecular weight excluding hydrogens is 252 g/mol. The molecule has 0 spiro atoms. The van der Waals surface area contributed by atoms with Crippen LogP contribution in [0.5, 0.6) is 0 Å². The summed E-state index contributed by atoms with van der Waals surface area (Å²) in [6.07, 6.45) is 7.00. The maximum Gasteiger partial charge on any atom is 0.410 e. The molecule has 116 valence electrons. The van der Waals surface area contributed by atoms with Crippen LogP contribution < -0.4 is 5.73 Å². The first-order chi connectivity index (χ1) is 9.42. The van der Waals surface area contributed by atoms with Crippen LogP contribution in [0.1, 0.15) is 59.3 Å². The average Bonchev–Trinajstić information content (AvgIpc) is 2.26. The van der Waals surface area contributed by atoms with Gasteiger partial charge >= 0.3 is 6.09 Å². The molecule has 2 aliphatic rings. The van der Waals surface area contributed by atoms with Gasteiger partial charge in [-0.3, -0.25) is 0 Å². The maximum atomic E-state index is 12.5. The van der Waals surface area contributed by atoms with Gasteiger partial charge < -0.3 is 15.4 Å². The Hall–Kier alpha value is -0.770. The van der Waals surface area contributed by atoms with Crippen LogP contribution in [-0.4, -0.2) is 35.7 Å². The zero-order valence-electron chi connectivity index (χ0n) is 13.2. The highest BCUT2D eigenvalue weighted by Crippen LogP contribution is 2.40. The summed E-state index contributed by atoms with van der Waals surface area (Å²) in [5.41, 5.74) is 5.36. The fourth-order valence-corrected chi connectivity index (χ4v) is 3.58. The van der Waals surface area contributed by atoms with E-state index in [1.807, 2.05) is 25.7 Å². The summed E-state index contributed by atoms with van der Waals surface area (Å²) >= 11 is 0. The Morgan fingerprint density at radius 1 is 1.25 bits per heavy atom. The maximum absolute atomic E-state index is 12.5. The first-order valence-electron chi connectivity index (χ1n) is 8.12. The zero-order valence-corrected chi connectivity index (χ0v) is 13.2. The number of hydrogen-bond acceptors (Lipinski definition) is 3. The van der Waals surface area contributed by atoms with E-state index in [9.17, 15) is 4.79 Å². The quantitative estimate of drug-likeness (QED) is 0.865. The van der Waals surface area contributed by atoms with Crippen LogP contribution >= 0.6 is 0 Å². The number of nitrogens with two attached hydrogens (primary N) is 1. The smallest absolute Gasteiger partial charge is 0.410 e. The van der Waals surface area contributed by atoms with E-state index in [2.05, 4.69) is 0 Å². The summed E-state index contributed by atoms with van der Waals surface area (Å²) in [6.45, 7) is 7.37. The Morgan fingerprint density at radius 3 is 2.45 bits per heavy atom. The second kappa shape index (κ2) is 6.33. The average molecular weight is 282 g/mol. The molecule has 1 amide bonds. The van der Waals surface area contributed by atoms with E-state index < -0.39 is 5.60 Å². The molecule has 0 radical (unpaired) electrons. The van der Waals surface area contributed by atoms with Crippen LogP contribution in [0.15, 0.2) is 0 Å². The first-order valence-corrected chi connectivity index (χ1v) is 8.12. The molecule has 1 aliphatic carbocycles. The lowest BCUT2D eigenvalue weighted by Gasteiger charge is -2.48. The van der Waals surface area contributed by atoms with Crippen molar-refractivity contribution < 1.29 is 9.53 Å². The molecule has 1 saturated heterocycles. The predicted octanol–water partition coefficient (Wildman–Crippen LogP) is 3.15. The van der Waals surface area contributed by atoms with Crippen molar-refractivity contribution in [1.82, 2.24) is 4.90 Å². The molecule has 4 heteroatoms. The van der Waals surface area contributed by atoms with Crippen LogP contribution in [0, 0.1) is 11.8 Å².